The molecule has 0 heterocycles. The van der Waals surface area contributed by atoms with Gasteiger partial charge in [-0.1, -0.05) is 42.5 Å². The fourth-order valence-corrected chi connectivity index (χ4v) is 2.51. The fourth-order valence-electron chi connectivity index (χ4n) is 2.51. The molecule has 0 fully saturated rings. The van der Waals surface area contributed by atoms with Gasteiger partial charge in [0.05, 0.1) is 23.5 Å². The molecule has 0 atom stereocenters. The summed E-state index contributed by atoms with van der Waals surface area (Å²) in [5, 5.41) is 6.22. The number of benzene rings is 3. The smallest absolute Gasteiger partial charge is 0.257 e. The summed E-state index contributed by atoms with van der Waals surface area (Å²) >= 11 is 0. The first-order chi connectivity index (χ1) is 12.3. The van der Waals surface area contributed by atoms with Gasteiger partial charge in [0, 0.05) is 5.69 Å². The lowest BCUT2D eigenvalue weighted by Gasteiger charge is -2.14. The van der Waals surface area contributed by atoms with Gasteiger partial charge in [-0.25, -0.2) is 0 Å². The van der Waals surface area contributed by atoms with Crippen LogP contribution >= 0.6 is 0 Å². The number of hydrogen-bond donors (Lipinski definition) is 2. The maximum absolute atomic E-state index is 12.8. The Kier molecular flexibility index (Phi) is 5.32. The van der Waals surface area contributed by atoms with Crippen molar-refractivity contribution in [1.29, 1.82) is 0 Å². The van der Waals surface area contributed by atoms with Crippen molar-refractivity contribution in [3.63, 3.8) is 0 Å². The Hall–Kier alpha value is -3.27. The predicted molar refractivity (Wildman–Crippen MR) is 102 cm³/mol. The van der Waals surface area contributed by atoms with Gasteiger partial charge in [0.15, 0.2) is 0 Å². The quantitative estimate of drug-likeness (QED) is 0.662. The van der Waals surface area contributed by atoms with E-state index < -0.39 is 0 Å². The number of hydrogen-bond acceptors (Lipinski definition) is 3. The van der Waals surface area contributed by atoms with Crippen molar-refractivity contribution >= 4 is 23.0 Å². The zero-order valence-electron chi connectivity index (χ0n) is 14.0. The van der Waals surface area contributed by atoms with E-state index in [1.807, 2.05) is 79.7 Å². The van der Waals surface area contributed by atoms with Crippen molar-refractivity contribution in [1.82, 2.24) is 0 Å². The predicted octanol–water partition coefficient (Wildman–Crippen LogP) is 5.08. The summed E-state index contributed by atoms with van der Waals surface area (Å²) in [6, 6.07) is 24.6. The Bertz CT molecular complexity index is 847. The fraction of sp³-hybridized carbons (Fsp3) is 0.0952. The summed E-state index contributed by atoms with van der Waals surface area (Å²) in [6.07, 6.45) is 0. The third kappa shape index (κ3) is 4.18. The summed E-state index contributed by atoms with van der Waals surface area (Å²) in [4.78, 5) is 12.8. The number of nitrogens with one attached hydrogen (secondary N) is 2. The van der Waals surface area contributed by atoms with E-state index in [2.05, 4.69) is 10.6 Å². The van der Waals surface area contributed by atoms with Gasteiger partial charge in [-0.3, -0.25) is 4.79 Å². The van der Waals surface area contributed by atoms with Crippen LogP contribution in [-0.2, 0) is 0 Å². The van der Waals surface area contributed by atoms with Gasteiger partial charge in [-0.2, -0.15) is 0 Å². The standard InChI is InChI=1S/C21H20N2O2/c1-2-25-20-15-9-8-14-19(20)23-21(24)17-12-6-7-13-18(17)22-16-10-4-3-5-11-16/h3-15,22H,2H2,1H3,(H,23,24). The molecule has 4 heteroatoms. The molecule has 0 unspecified atom stereocenters. The number of ether oxygens (including phenoxy) is 1. The van der Waals surface area contributed by atoms with Gasteiger partial charge in [0.2, 0.25) is 0 Å². The van der Waals surface area contributed by atoms with Gasteiger partial charge < -0.3 is 15.4 Å². The van der Waals surface area contributed by atoms with Crippen LogP contribution in [0.4, 0.5) is 17.1 Å². The van der Waals surface area contributed by atoms with Crippen molar-refractivity contribution in [3.05, 3.63) is 84.4 Å². The monoisotopic (exact) mass is 332 g/mol. The lowest BCUT2D eigenvalue weighted by molar-refractivity contribution is 0.102. The molecule has 0 saturated heterocycles. The van der Waals surface area contributed by atoms with Gasteiger partial charge >= 0.3 is 0 Å². The van der Waals surface area contributed by atoms with E-state index in [0.717, 1.165) is 11.4 Å². The first kappa shape index (κ1) is 16.6. The number of carbonyl (C=O) groups is 1. The summed E-state index contributed by atoms with van der Waals surface area (Å²) < 4.78 is 5.57. The average molecular weight is 332 g/mol. The highest BCUT2D eigenvalue weighted by atomic mass is 16.5. The van der Waals surface area contributed by atoms with Crippen molar-refractivity contribution in [2.24, 2.45) is 0 Å². The highest BCUT2D eigenvalue weighted by molar-refractivity contribution is 6.09. The minimum atomic E-state index is -0.189. The van der Waals surface area contributed by atoms with E-state index in [1.165, 1.54) is 0 Å². The second-order valence-corrected chi connectivity index (χ2v) is 5.42. The van der Waals surface area contributed by atoms with Crippen molar-refractivity contribution in [2.75, 3.05) is 17.2 Å². The molecule has 1 amide bonds. The summed E-state index contributed by atoms with van der Waals surface area (Å²) in [5.74, 6) is 0.470. The largest absolute Gasteiger partial charge is 0.492 e. The Morgan fingerprint density at radius 3 is 2.24 bits per heavy atom. The number of anilines is 3. The van der Waals surface area contributed by atoms with Crippen LogP contribution in [0.5, 0.6) is 5.75 Å². The van der Waals surface area contributed by atoms with Crippen LogP contribution in [0.2, 0.25) is 0 Å². The third-order valence-electron chi connectivity index (χ3n) is 3.66. The number of para-hydroxylation sites is 4. The average Bonchev–Trinajstić information content (AvgIpc) is 2.65. The Balaban J connectivity index is 1.83. The van der Waals surface area contributed by atoms with E-state index in [-0.39, 0.29) is 5.91 Å². The van der Waals surface area contributed by atoms with E-state index >= 15 is 0 Å². The minimum Gasteiger partial charge on any atom is -0.492 e. The lowest BCUT2D eigenvalue weighted by atomic mass is 10.1. The SMILES string of the molecule is CCOc1ccccc1NC(=O)c1ccccc1Nc1ccccc1. The molecule has 0 aliphatic rings. The van der Waals surface area contributed by atoms with Crippen molar-refractivity contribution < 1.29 is 9.53 Å². The van der Waals surface area contributed by atoms with E-state index in [4.69, 9.17) is 4.74 Å². The molecule has 25 heavy (non-hydrogen) atoms. The lowest BCUT2D eigenvalue weighted by Crippen LogP contribution is -2.14. The molecule has 3 rings (SSSR count). The zero-order valence-corrected chi connectivity index (χ0v) is 14.0. The van der Waals surface area contributed by atoms with Gasteiger partial charge in [0.1, 0.15) is 5.75 Å². The van der Waals surface area contributed by atoms with Crippen molar-refractivity contribution in [2.45, 2.75) is 6.92 Å². The molecular weight excluding hydrogens is 312 g/mol. The summed E-state index contributed by atoms with van der Waals surface area (Å²) in [7, 11) is 0. The number of rotatable bonds is 6. The highest BCUT2D eigenvalue weighted by Gasteiger charge is 2.13. The summed E-state index contributed by atoms with van der Waals surface area (Å²) in [5.41, 5.74) is 2.90. The minimum absolute atomic E-state index is 0.189. The molecule has 0 aliphatic heterocycles. The van der Waals surface area contributed by atoms with E-state index in [1.54, 1.807) is 6.07 Å². The van der Waals surface area contributed by atoms with Crippen molar-refractivity contribution in [3.8, 4) is 5.75 Å². The Labute approximate surface area is 147 Å². The number of amides is 1. The van der Waals surface area contributed by atoms with Crippen LogP contribution in [0, 0.1) is 0 Å². The molecule has 0 aliphatic carbocycles. The van der Waals surface area contributed by atoms with Crippen LogP contribution in [-0.4, -0.2) is 12.5 Å². The second-order valence-electron chi connectivity index (χ2n) is 5.42. The van der Waals surface area contributed by atoms with Crippen LogP contribution in [0.15, 0.2) is 78.9 Å². The summed E-state index contributed by atoms with van der Waals surface area (Å²) in [6.45, 7) is 2.46. The van der Waals surface area contributed by atoms with Crippen LogP contribution in [0.1, 0.15) is 17.3 Å². The normalized spacial score (nSPS) is 10.1. The third-order valence-corrected chi connectivity index (χ3v) is 3.66. The van der Waals surface area contributed by atoms with Gasteiger partial charge in [-0.15, -0.1) is 0 Å². The first-order valence-electron chi connectivity index (χ1n) is 8.22. The second kappa shape index (κ2) is 8.02. The molecule has 126 valence electrons. The van der Waals surface area contributed by atoms with Gasteiger partial charge in [0.25, 0.3) is 5.91 Å². The molecular formula is C21H20N2O2. The maximum atomic E-state index is 12.8. The van der Waals surface area contributed by atoms with E-state index in [0.29, 0.717) is 23.6 Å². The Morgan fingerprint density at radius 2 is 1.48 bits per heavy atom. The first-order valence-corrected chi connectivity index (χ1v) is 8.22. The molecule has 0 bridgehead atoms. The van der Waals surface area contributed by atoms with Crippen LogP contribution in [0.25, 0.3) is 0 Å². The molecule has 0 aromatic heterocycles. The van der Waals surface area contributed by atoms with Crippen LogP contribution in [0.3, 0.4) is 0 Å². The zero-order chi connectivity index (χ0) is 17.5. The molecule has 0 saturated carbocycles. The van der Waals surface area contributed by atoms with E-state index in [9.17, 15) is 4.79 Å². The van der Waals surface area contributed by atoms with Gasteiger partial charge in [-0.05, 0) is 43.3 Å². The van der Waals surface area contributed by atoms with Crippen LogP contribution < -0.4 is 15.4 Å². The molecule has 0 spiro atoms. The molecule has 0 radical (unpaired) electrons. The topological polar surface area (TPSA) is 50.4 Å². The number of carbonyl (C=O) groups excluding carboxylic acids is 1. The highest BCUT2D eigenvalue weighted by Crippen LogP contribution is 2.26. The molecule has 3 aromatic carbocycles. The Morgan fingerprint density at radius 1 is 0.840 bits per heavy atom. The maximum Gasteiger partial charge on any atom is 0.257 e. The molecule has 4 nitrogen and oxygen atoms in total. The molecule has 3 aromatic rings. The molecule has 2 N–H and O–H groups in total.